The normalized spacial score (nSPS) is 18.8. The van der Waals surface area contributed by atoms with Gasteiger partial charge in [-0.1, -0.05) is 0 Å². The molecule has 0 radical (unpaired) electrons. The van der Waals surface area contributed by atoms with Crippen molar-refractivity contribution >= 4 is 41.7 Å². The topological polar surface area (TPSA) is 182 Å². The molecule has 0 aromatic rings. The van der Waals surface area contributed by atoms with Crippen molar-refractivity contribution in [2.75, 3.05) is 72.0 Å². The van der Waals surface area contributed by atoms with Gasteiger partial charge in [0.05, 0.1) is 26.1 Å². The Morgan fingerprint density at radius 1 is 0.500 bits per heavy atom. The zero-order valence-electron chi connectivity index (χ0n) is 35.8. The van der Waals surface area contributed by atoms with Crippen LogP contribution in [0.15, 0.2) is 0 Å². The lowest BCUT2D eigenvalue weighted by Crippen LogP contribution is -2.53. The minimum atomic E-state index is -0.995. The number of carbonyl (C=O) groups is 7. The highest BCUT2D eigenvalue weighted by Crippen LogP contribution is 2.19. The van der Waals surface area contributed by atoms with Crippen LogP contribution >= 0.6 is 0 Å². The maximum atomic E-state index is 13.9. The minimum Gasteiger partial charge on any atom is -0.459 e. The van der Waals surface area contributed by atoms with Crippen LogP contribution in [0, 0.1) is 0 Å². The molecule has 0 aliphatic carbocycles. The fourth-order valence-corrected chi connectivity index (χ4v) is 5.89. The summed E-state index contributed by atoms with van der Waals surface area (Å²) in [5.41, 5.74) is -3.02. The molecule has 56 heavy (non-hydrogen) atoms. The highest BCUT2D eigenvalue weighted by atomic mass is 16.7. The van der Waals surface area contributed by atoms with Gasteiger partial charge in [0.2, 0.25) is 0 Å². The Hall–Kier alpha value is -3.67. The molecule has 0 saturated carbocycles. The van der Waals surface area contributed by atoms with Gasteiger partial charge in [0, 0.05) is 65.2 Å². The molecule has 0 aromatic heterocycles. The molecule has 0 aromatic carbocycles. The lowest BCUT2D eigenvalue weighted by atomic mass is 10.1. The predicted molar refractivity (Wildman–Crippen MR) is 204 cm³/mol. The number of esters is 4. The summed E-state index contributed by atoms with van der Waals surface area (Å²) in [7, 11) is 0. The van der Waals surface area contributed by atoms with E-state index in [2.05, 4.69) is 0 Å². The summed E-state index contributed by atoms with van der Waals surface area (Å²) in [5.74, 6) is -4.01. The average Bonchev–Trinajstić information content (AvgIpc) is 3.30. The van der Waals surface area contributed by atoms with E-state index in [1.807, 2.05) is 19.6 Å². The Morgan fingerprint density at radius 2 is 0.821 bits per heavy atom. The van der Waals surface area contributed by atoms with Crippen molar-refractivity contribution in [2.24, 2.45) is 0 Å². The van der Waals surface area contributed by atoms with E-state index in [0.717, 1.165) is 0 Å². The zero-order valence-corrected chi connectivity index (χ0v) is 35.8. The highest BCUT2D eigenvalue weighted by Gasteiger charge is 2.36. The van der Waals surface area contributed by atoms with E-state index >= 15 is 0 Å². The molecule has 1 atom stereocenters. The Morgan fingerprint density at radius 3 is 1.14 bits per heavy atom. The summed E-state index contributed by atoms with van der Waals surface area (Å²) in [6.45, 7) is 23.4. The number of rotatable bonds is 12. The van der Waals surface area contributed by atoms with Gasteiger partial charge in [-0.05, 0) is 89.5 Å². The van der Waals surface area contributed by atoms with Gasteiger partial charge in [-0.25, -0.2) is 4.79 Å². The van der Waals surface area contributed by atoms with E-state index in [-0.39, 0.29) is 71.5 Å². The molecule has 2 aliphatic heterocycles. The lowest BCUT2D eigenvalue weighted by molar-refractivity contribution is -0.197. The maximum Gasteiger partial charge on any atom is 0.333 e. The van der Waals surface area contributed by atoms with E-state index in [9.17, 15) is 33.6 Å². The molecule has 1 unspecified atom stereocenters. The summed E-state index contributed by atoms with van der Waals surface area (Å²) in [4.78, 5) is 103. The van der Waals surface area contributed by atoms with Crippen LogP contribution in [-0.2, 0) is 57.3 Å². The fourth-order valence-electron chi connectivity index (χ4n) is 5.89. The van der Waals surface area contributed by atoms with Gasteiger partial charge in [-0.15, -0.1) is 5.06 Å². The monoisotopic (exact) mass is 797 g/mol. The predicted octanol–water partition coefficient (Wildman–Crippen LogP) is 2.33. The zero-order chi connectivity index (χ0) is 42.6. The quantitative estimate of drug-likeness (QED) is 0.159. The van der Waals surface area contributed by atoms with E-state index in [4.69, 9.17) is 23.8 Å². The van der Waals surface area contributed by atoms with Gasteiger partial charge in [0.25, 0.3) is 11.8 Å². The van der Waals surface area contributed by atoms with Crippen LogP contribution in [0.5, 0.6) is 0 Å². The number of hydroxylamine groups is 2. The van der Waals surface area contributed by atoms with Crippen LogP contribution in [-0.4, -0.2) is 167 Å². The van der Waals surface area contributed by atoms with Crippen LogP contribution < -0.4 is 0 Å². The standard InChI is InChI=1S/C39H67N5O12/c1-36(2,3)52-32(48)25-40-17-19-41(26-33(49)53-37(4,5)6)21-23-43(24-22-42(20-18-40)27-34(50)54-38(7,8)9)28(35(51)55-39(10,11)12)13-16-31(47)56-44-29(45)14-15-30(44)46/h28H,13-27H2,1-12H3. The smallest absolute Gasteiger partial charge is 0.333 e. The molecule has 2 aliphatic rings. The first-order valence-electron chi connectivity index (χ1n) is 19.5. The van der Waals surface area contributed by atoms with Crippen molar-refractivity contribution < 1.29 is 57.3 Å². The van der Waals surface area contributed by atoms with Gasteiger partial charge in [-0.2, -0.15) is 0 Å². The largest absolute Gasteiger partial charge is 0.459 e. The van der Waals surface area contributed by atoms with E-state index in [1.165, 1.54) is 0 Å². The Bertz CT molecular complexity index is 1330. The van der Waals surface area contributed by atoms with Crippen LogP contribution in [0.3, 0.4) is 0 Å². The van der Waals surface area contributed by atoms with Gasteiger partial charge < -0.3 is 23.8 Å². The van der Waals surface area contributed by atoms with Gasteiger partial charge in [-0.3, -0.25) is 48.4 Å². The molecule has 320 valence electrons. The van der Waals surface area contributed by atoms with E-state index in [1.54, 1.807) is 83.1 Å². The third kappa shape index (κ3) is 20.0. The fraction of sp³-hybridized carbons (Fsp3) is 0.821. The lowest BCUT2D eigenvalue weighted by Gasteiger charge is -2.37. The van der Waals surface area contributed by atoms with Crippen molar-refractivity contribution in [3.63, 3.8) is 0 Å². The molecule has 17 heteroatoms. The van der Waals surface area contributed by atoms with Gasteiger partial charge in [0.1, 0.15) is 28.4 Å². The minimum absolute atomic E-state index is 0.0185. The molecule has 0 spiro atoms. The number of carbonyl (C=O) groups excluding carboxylic acids is 7. The molecule has 2 heterocycles. The molecule has 17 nitrogen and oxygen atoms in total. The molecule has 2 fully saturated rings. The van der Waals surface area contributed by atoms with Crippen LogP contribution in [0.25, 0.3) is 0 Å². The number of hydrogen-bond acceptors (Lipinski definition) is 16. The van der Waals surface area contributed by atoms with E-state index in [0.29, 0.717) is 31.2 Å². The molecule has 2 saturated heterocycles. The maximum absolute atomic E-state index is 13.9. The van der Waals surface area contributed by atoms with Gasteiger partial charge >= 0.3 is 29.8 Å². The van der Waals surface area contributed by atoms with Gasteiger partial charge in [0.15, 0.2) is 0 Å². The molecular weight excluding hydrogens is 730 g/mol. The second-order valence-electron chi connectivity index (χ2n) is 18.3. The van der Waals surface area contributed by atoms with Crippen molar-refractivity contribution in [2.45, 2.75) is 137 Å². The van der Waals surface area contributed by atoms with Crippen molar-refractivity contribution in [1.29, 1.82) is 0 Å². The summed E-state index contributed by atoms with van der Waals surface area (Å²) in [6.07, 6.45) is -0.510. The first-order valence-corrected chi connectivity index (χ1v) is 19.5. The Kier molecular flexibility index (Phi) is 17.9. The highest BCUT2D eigenvalue weighted by molar-refractivity contribution is 6.01. The SMILES string of the molecule is CC(C)(C)OC(=O)CN1CCN(CC(=O)OC(C)(C)C)CCN(C(CCC(=O)ON2C(=O)CCC2=O)C(=O)OC(C)(C)C)CCN(CC(=O)OC(C)(C)C)CC1. The summed E-state index contributed by atoms with van der Waals surface area (Å²) in [5, 5.41) is 0.469. The number of amides is 2. The molecule has 2 amide bonds. The van der Waals surface area contributed by atoms with Crippen molar-refractivity contribution in [3.8, 4) is 0 Å². The Labute approximate surface area is 332 Å². The van der Waals surface area contributed by atoms with E-state index < -0.39 is 70.1 Å². The third-order valence-corrected chi connectivity index (χ3v) is 8.13. The first kappa shape index (κ1) is 48.5. The molecular formula is C39H67N5O12. The number of ether oxygens (including phenoxy) is 4. The number of hydrogen-bond donors (Lipinski definition) is 0. The number of imide groups is 1. The van der Waals surface area contributed by atoms with Crippen LogP contribution in [0.4, 0.5) is 0 Å². The molecule has 2 rings (SSSR count). The van der Waals surface area contributed by atoms with Crippen molar-refractivity contribution in [1.82, 2.24) is 24.7 Å². The van der Waals surface area contributed by atoms with Crippen molar-refractivity contribution in [3.05, 3.63) is 0 Å². The Balaban J connectivity index is 2.49. The average molecular weight is 798 g/mol. The third-order valence-electron chi connectivity index (χ3n) is 8.13. The first-order chi connectivity index (χ1) is 25.6. The summed E-state index contributed by atoms with van der Waals surface area (Å²) in [6, 6.07) is -0.995. The second-order valence-corrected chi connectivity index (χ2v) is 18.3. The molecule has 0 bridgehead atoms. The molecule has 0 N–H and O–H groups in total. The summed E-state index contributed by atoms with van der Waals surface area (Å²) >= 11 is 0. The van der Waals surface area contributed by atoms with Crippen LogP contribution in [0.2, 0.25) is 0 Å². The second kappa shape index (κ2) is 20.7. The number of nitrogens with zero attached hydrogens (tertiary/aromatic N) is 5. The summed E-state index contributed by atoms with van der Waals surface area (Å²) < 4.78 is 22.7. The van der Waals surface area contributed by atoms with Crippen LogP contribution in [0.1, 0.15) is 109 Å².